The van der Waals surface area contributed by atoms with E-state index < -0.39 is 0 Å². The zero-order valence-electron chi connectivity index (χ0n) is 18.5. The van der Waals surface area contributed by atoms with Gasteiger partial charge in [0.2, 0.25) is 0 Å². The quantitative estimate of drug-likeness (QED) is 0.406. The number of rotatable bonds is 9. The molecule has 4 rings (SSSR count). The van der Waals surface area contributed by atoms with Crippen molar-refractivity contribution in [3.8, 4) is 5.69 Å². The van der Waals surface area contributed by atoms with Gasteiger partial charge in [0.05, 0.1) is 11.4 Å². The minimum absolute atomic E-state index is 0.804. The van der Waals surface area contributed by atoms with Crippen LogP contribution in [-0.4, -0.2) is 47.4 Å². The number of aryl methyl sites for hydroxylation is 2. The molecule has 0 spiro atoms. The smallest absolute Gasteiger partial charge is 0.0648 e. The first-order chi connectivity index (χ1) is 15.2. The van der Waals surface area contributed by atoms with Gasteiger partial charge < -0.3 is 4.90 Å². The van der Waals surface area contributed by atoms with Crippen molar-refractivity contribution in [2.45, 2.75) is 39.0 Å². The molecule has 5 heteroatoms. The number of anilines is 1. The maximum absolute atomic E-state index is 6.01. The molecule has 2 heterocycles. The van der Waals surface area contributed by atoms with Crippen LogP contribution >= 0.6 is 11.6 Å². The first-order valence-corrected chi connectivity index (χ1v) is 12.0. The standard InChI is InChI=1S/C26H33ClN4/c1-2-8-26-21-23(28-31(26)25-10-4-3-5-11-25)9-6-7-16-29-17-19-30(20-18-29)24-14-12-22(27)13-15-24/h3-5,10-15,21H,2,6-9,16-20H2,1H3. The molecule has 0 saturated carbocycles. The Morgan fingerprint density at radius 3 is 2.29 bits per heavy atom. The van der Waals surface area contributed by atoms with Crippen LogP contribution in [-0.2, 0) is 12.8 Å². The van der Waals surface area contributed by atoms with Crippen molar-refractivity contribution in [3.63, 3.8) is 0 Å². The summed E-state index contributed by atoms with van der Waals surface area (Å²) in [5.41, 5.74) is 4.98. The first kappa shape index (κ1) is 21.9. The summed E-state index contributed by atoms with van der Waals surface area (Å²) >= 11 is 6.01. The molecule has 1 fully saturated rings. The van der Waals surface area contributed by atoms with Crippen molar-refractivity contribution >= 4 is 17.3 Å². The summed E-state index contributed by atoms with van der Waals surface area (Å²) < 4.78 is 2.13. The monoisotopic (exact) mass is 436 g/mol. The molecule has 1 aromatic heterocycles. The average molecular weight is 437 g/mol. The number of aromatic nitrogens is 2. The Hall–Kier alpha value is -2.30. The van der Waals surface area contributed by atoms with Crippen molar-refractivity contribution in [3.05, 3.63) is 77.1 Å². The lowest BCUT2D eigenvalue weighted by atomic mass is 10.1. The molecular weight excluding hydrogens is 404 g/mol. The lowest BCUT2D eigenvalue weighted by Crippen LogP contribution is -2.46. The summed E-state index contributed by atoms with van der Waals surface area (Å²) in [6, 6.07) is 21.0. The third-order valence-corrected chi connectivity index (χ3v) is 6.31. The number of hydrogen-bond acceptors (Lipinski definition) is 3. The first-order valence-electron chi connectivity index (χ1n) is 11.6. The Balaban J connectivity index is 1.23. The Morgan fingerprint density at radius 2 is 1.58 bits per heavy atom. The van der Waals surface area contributed by atoms with Crippen molar-refractivity contribution in [1.82, 2.24) is 14.7 Å². The van der Waals surface area contributed by atoms with E-state index in [0.29, 0.717) is 0 Å². The number of halogens is 1. The highest BCUT2D eigenvalue weighted by Gasteiger charge is 2.17. The number of nitrogens with zero attached hydrogens (tertiary/aromatic N) is 4. The predicted molar refractivity (Wildman–Crippen MR) is 131 cm³/mol. The molecule has 31 heavy (non-hydrogen) atoms. The summed E-state index contributed by atoms with van der Waals surface area (Å²) in [5.74, 6) is 0. The van der Waals surface area contributed by atoms with Gasteiger partial charge in [0.15, 0.2) is 0 Å². The van der Waals surface area contributed by atoms with Gasteiger partial charge in [-0.15, -0.1) is 0 Å². The van der Waals surface area contributed by atoms with E-state index in [2.05, 4.69) is 69.9 Å². The van der Waals surface area contributed by atoms with Crippen molar-refractivity contribution in [1.29, 1.82) is 0 Å². The average Bonchev–Trinajstić information content (AvgIpc) is 3.21. The van der Waals surface area contributed by atoms with E-state index in [9.17, 15) is 0 Å². The Morgan fingerprint density at radius 1 is 0.839 bits per heavy atom. The van der Waals surface area contributed by atoms with Gasteiger partial charge in [-0.1, -0.05) is 43.1 Å². The Bertz CT molecular complexity index is 928. The van der Waals surface area contributed by atoms with Gasteiger partial charge >= 0.3 is 0 Å². The lowest BCUT2D eigenvalue weighted by molar-refractivity contribution is 0.253. The van der Waals surface area contributed by atoms with Crippen LogP contribution < -0.4 is 4.90 Å². The third-order valence-electron chi connectivity index (χ3n) is 6.06. The van der Waals surface area contributed by atoms with E-state index in [4.69, 9.17) is 16.7 Å². The lowest BCUT2D eigenvalue weighted by Gasteiger charge is -2.36. The van der Waals surface area contributed by atoms with Crippen LogP contribution in [0, 0.1) is 0 Å². The molecule has 4 nitrogen and oxygen atoms in total. The molecule has 0 atom stereocenters. The molecule has 0 amide bonds. The molecule has 1 aliphatic heterocycles. The fourth-order valence-corrected chi connectivity index (χ4v) is 4.47. The molecule has 0 radical (unpaired) electrons. The van der Waals surface area contributed by atoms with Crippen LogP contribution in [0.4, 0.5) is 5.69 Å². The number of unbranched alkanes of at least 4 members (excludes halogenated alkanes) is 1. The second-order valence-corrected chi connectivity index (χ2v) is 8.82. The Labute approximate surface area is 191 Å². The molecule has 0 aliphatic carbocycles. The molecule has 0 unspecified atom stereocenters. The minimum atomic E-state index is 0.804. The Kier molecular flexibility index (Phi) is 7.66. The normalized spacial score (nSPS) is 14.8. The topological polar surface area (TPSA) is 24.3 Å². The maximum Gasteiger partial charge on any atom is 0.0648 e. The van der Waals surface area contributed by atoms with E-state index in [0.717, 1.165) is 56.2 Å². The highest BCUT2D eigenvalue weighted by molar-refractivity contribution is 6.30. The highest BCUT2D eigenvalue weighted by atomic mass is 35.5. The minimum Gasteiger partial charge on any atom is -0.369 e. The van der Waals surface area contributed by atoms with E-state index in [1.54, 1.807) is 0 Å². The van der Waals surface area contributed by atoms with Gasteiger partial charge in [0, 0.05) is 42.6 Å². The zero-order chi connectivity index (χ0) is 21.5. The van der Waals surface area contributed by atoms with Gasteiger partial charge in [-0.05, 0) is 74.7 Å². The number of benzene rings is 2. The zero-order valence-corrected chi connectivity index (χ0v) is 19.3. The summed E-state index contributed by atoms with van der Waals surface area (Å²) in [6.07, 6.45) is 5.68. The summed E-state index contributed by atoms with van der Waals surface area (Å²) in [4.78, 5) is 5.05. The van der Waals surface area contributed by atoms with Crippen LogP contribution in [0.25, 0.3) is 5.69 Å². The molecule has 1 aliphatic rings. The van der Waals surface area contributed by atoms with Crippen LogP contribution in [0.5, 0.6) is 0 Å². The van der Waals surface area contributed by atoms with Crippen molar-refractivity contribution < 1.29 is 0 Å². The second-order valence-electron chi connectivity index (χ2n) is 8.39. The summed E-state index contributed by atoms with van der Waals surface area (Å²) in [5, 5.41) is 5.72. The van der Waals surface area contributed by atoms with E-state index >= 15 is 0 Å². The maximum atomic E-state index is 6.01. The fraction of sp³-hybridized carbons (Fsp3) is 0.423. The number of para-hydroxylation sites is 1. The predicted octanol–water partition coefficient (Wildman–Crippen LogP) is 5.62. The SMILES string of the molecule is CCCc1cc(CCCCN2CCN(c3ccc(Cl)cc3)CC2)nn1-c1ccccc1. The van der Waals surface area contributed by atoms with Gasteiger partial charge in [-0.2, -0.15) is 5.10 Å². The third kappa shape index (κ3) is 5.90. The van der Waals surface area contributed by atoms with Gasteiger partial charge in [-0.25, -0.2) is 4.68 Å². The number of hydrogen-bond donors (Lipinski definition) is 0. The van der Waals surface area contributed by atoms with E-state index in [1.165, 1.54) is 36.5 Å². The van der Waals surface area contributed by atoms with E-state index in [1.807, 2.05) is 12.1 Å². The van der Waals surface area contributed by atoms with Crippen LogP contribution in [0.3, 0.4) is 0 Å². The molecule has 3 aromatic rings. The molecule has 0 N–H and O–H groups in total. The van der Waals surface area contributed by atoms with Crippen molar-refractivity contribution in [2.24, 2.45) is 0 Å². The molecule has 2 aromatic carbocycles. The molecule has 0 bridgehead atoms. The van der Waals surface area contributed by atoms with E-state index in [-0.39, 0.29) is 0 Å². The van der Waals surface area contributed by atoms with Crippen LogP contribution in [0.1, 0.15) is 37.6 Å². The van der Waals surface area contributed by atoms with Gasteiger partial charge in [0.1, 0.15) is 0 Å². The second kappa shape index (κ2) is 10.8. The molecule has 1 saturated heterocycles. The van der Waals surface area contributed by atoms with Crippen LogP contribution in [0.2, 0.25) is 5.02 Å². The summed E-state index contributed by atoms with van der Waals surface area (Å²) in [7, 11) is 0. The van der Waals surface area contributed by atoms with Gasteiger partial charge in [0.25, 0.3) is 0 Å². The number of piperazine rings is 1. The summed E-state index contributed by atoms with van der Waals surface area (Å²) in [6.45, 7) is 7.84. The van der Waals surface area contributed by atoms with Crippen LogP contribution in [0.15, 0.2) is 60.7 Å². The van der Waals surface area contributed by atoms with Crippen molar-refractivity contribution in [2.75, 3.05) is 37.6 Å². The largest absolute Gasteiger partial charge is 0.369 e. The fourth-order valence-electron chi connectivity index (χ4n) is 4.35. The van der Waals surface area contributed by atoms with Gasteiger partial charge in [-0.3, -0.25) is 4.90 Å². The molecular formula is C26H33ClN4. The highest BCUT2D eigenvalue weighted by Crippen LogP contribution is 2.20. The molecule has 164 valence electrons.